The first-order chi connectivity index (χ1) is 27.3. The van der Waals surface area contributed by atoms with Crippen LogP contribution in [-0.4, -0.2) is 15.0 Å². The minimum absolute atomic E-state index is 0.203. The largest absolute Gasteiger partial charge is 0.457 e. The van der Waals surface area contributed by atoms with Crippen molar-refractivity contribution in [2.75, 3.05) is 4.90 Å². The third-order valence-electron chi connectivity index (χ3n) is 11.6. The highest BCUT2D eigenvalue weighted by Gasteiger charge is 2.38. The molecular formula is C51H40N4O. The number of para-hydroxylation sites is 2. The van der Waals surface area contributed by atoms with Crippen LogP contribution in [0.1, 0.15) is 49.9 Å². The zero-order chi connectivity index (χ0) is 38.0. The Morgan fingerprint density at radius 2 is 0.821 bits per heavy atom. The van der Waals surface area contributed by atoms with E-state index in [0.29, 0.717) is 17.5 Å². The molecule has 270 valence electrons. The summed E-state index contributed by atoms with van der Waals surface area (Å²) in [5, 5.41) is 0. The van der Waals surface area contributed by atoms with Crippen molar-refractivity contribution in [3.05, 3.63) is 192 Å². The van der Waals surface area contributed by atoms with Gasteiger partial charge in [0.15, 0.2) is 17.5 Å². The molecule has 0 atom stereocenters. The predicted octanol–water partition coefficient (Wildman–Crippen LogP) is 13.1. The van der Waals surface area contributed by atoms with Crippen molar-refractivity contribution >= 4 is 17.1 Å². The molecule has 0 aliphatic carbocycles. The van der Waals surface area contributed by atoms with E-state index in [1.54, 1.807) is 0 Å². The van der Waals surface area contributed by atoms with Crippen molar-refractivity contribution in [1.82, 2.24) is 15.0 Å². The SMILES string of the molecule is CC1(C)c2ccc(-c3ccc4c(c3)C(C)(C)c3ccccc3N4c3ccccc3)cc2Oc2cc(-c3nc(-c4ccccc4)nc(-c4ccccc4)n3)ccc21. The quantitative estimate of drug-likeness (QED) is 0.177. The number of aromatic nitrogens is 3. The zero-order valence-electron chi connectivity index (χ0n) is 31.9. The summed E-state index contributed by atoms with van der Waals surface area (Å²) in [5.74, 6) is 3.53. The first-order valence-corrected chi connectivity index (χ1v) is 19.2. The fraction of sp³-hybridized carbons (Fsp3) is 0.118. The molecule has 1 aromatic heterocycles. The van der Waals surface area contributed by atoms with Gasteiger partial charge in [0.1, 0.15) is 11.5 Å². The second-order valence-corrected chi connectivity index (χ2v) is 15.7. The maximum Gasteiger partial charge on any atom is 0.164 e. The molecule has 2 aliphatic rings. The summed E-state index contributed by atoms with van der Waals surface area (Å²) in [6, 6.07) is 59.5. The summed E-state index contributed by atoms with van der Waals surface area (Å²) < 4.78 is 6.86. The standard InChI is InChI=1S/C51H40N4O/c1-50(2)39-22-14-15-23-43(39)55(38-20-12-7-13-21-38)44-29-26-35(30-42(44)50)36-24-27-40-45(31-36)56-46-32-37(25-28-41(46)51(40,3)4)49-53-47(33-16-8-5-9-17-33)52-48(54-49)34-18-10-6-11-19-34/h5-32H,1-4H3. The molecule has 2 aliphatic heterocycles. The number of hydrogen-bond donors (Lipinski definition) is 0. The molecule has 5 nitrogen and oxygen atoms in total. The lowest BCUT2D eigenvalue weighted by atomic mass is 9.72. The molecule has 0 saturated carbocycles. The number of nitrogens with zero attached hydrogens (tertiary/aromatic N) is 4. The van der Waals surface area contributed by atoms with Gasteiger partial charge in [0.2, 0.25) is 0 Å². The first kappa shape index (κ1) is 33.7. The van der Waals surface area contributed by atoms with E-state index in [2.05, 4.69) is 142 Å². The smallest absolute Gasteiger partial charge is 0.164 e. The van der Waals surface area contributed by atoms with Gasteiger partial charge in [-0.3, -0.25) is 0 Å². The van der Waals surface area contributed by atoms with Gasteiger partial charge in [-0.15, -0.1) is 0 Å². The van der Waals surface area contributed by atoms with Gasteiger partial charge in [0, 0.05) is 44.3 Å². The molecule has 0 unspecified atom stereocenters. The van der Waals surface area contributed by atoms with Gasteiger partial charge in [-0.1, -0.05) is 155 Å². The average Bonchev–Trinajstić information content (AvgIpc) is 3.24. The van der Waals surface area contributed by atoms with Crippen molar-refractivity contribution in [2.45, 2.75) is 38.5 Å². The molecular weight excluding hydrogens is 685 g/mol. The highest BCUT2D eigenvalue weighted by Crippen LogP contribution is 2.54. The van der Waals surface area contributed by atoms with Crippen molar-refractivity contribution in [3.8, 4) is 56.8 Å². The molecule has 56 heavy (non-hydrogen) atoms. The minimum Gasteiger partial charge on any atom is -0.457 e. The summed E-state index contributed by atoms with van der Waals surface area (Å²) in [6.07, 6.45) is 0. The molecule has 7 aromatic carbocycles. The molecule has 0 N–H and O–H groups in total. The lowest BCUT2D eigenvalue weighted by Crippen LogP contribution is -2.30. The van der Waals surface area contributed by atoms with Crippen LogP contribution in [0.25, 0.3) is 45.3 Å². The number of fused-ring (bicyclic) bond motifs is 4. The number of hydrogen-bond acceptors (Lipinski definition) is 5. The van der Waals surface area contributed by atoms with E-state index in [1.165, 1.54) is 22.5 Å². The molecule has 5 heteroatoms. The third-order valence-corrected chi connectivity index (χ3v) is 11.6. The van der Waals surface area contributed by atoms with Crippen LogP contribution in [-0.2, 0) is 10.8 Å². The average molecular weight is 725 g/mol. The molecule has 0 saturated heterocycles. The van der Waals surface area contributed by atoms with Crippen molar-refractivity contribution < 1.29 is 4.74 Å². The Bertz CT molecular complexity index is 2720. The van der Waals surface area contributed by atoms with E-state index in [0.717, 1.165) is 56.1 Å². The fourth-order valence-electron chi connectivity index (χ4n) is 8.50. The van der Waals surface area contributed by atoms with Crippen molar-refractivity contribution in [1.29, 1.82) is 0 Å². The van der Waals surface area contributed by atoms with Gasteiger partial charge in [-0.2, -0.15) is 0 Å². The maximum atomic E-state index is 6.86. The Kier molecular flexibility index (Phi) is 7.75. The first-order valence-electron chi connectivity index (χ1n) is 19.2. The Balaban J connectivity index is 1.04. The van der Waals surface area contributed by atoms with E-state index < -0.39 is 0 Å². The second-order valence-electron chi connectivity index (χ2n) is 15.7. The van der Waals surface area contributed by atoms with E-state index in [9.17, 15) is 0 Å². The van der Waals surface area contributed by atoms with E-state index in [4.69, 9.17) is 19.7 Å². The van der Waals surface area contributed by atoms with Gasteiger partial charge in [0.05, 0.1) is 11.4 Å². The minimum atomic E-state index is -0.290. The summed E-state index contributed by atoms with van der Waals surface area (Å²) in [6.45, 7) is 9.21. The maximum absolute atomic E-state index is 6.86. The molecule has 8 aromatic rings. The number of anilines is 3. The number of ether oxygens (including phenoxy) is 1. The van der Waals surface area contributed by atoms with Crippen LogP contribution < -0.4 is 9.64 Å². The van der Waals surface area contributed by atoms with Crippen molar-refractivity contribution in [2.24, 2.45) is 0 Å². The summed E-state index contributed by atoms with van der Waals surface area (Å²) in [7, 11) is 0. The predicted molar refractivity (Wildman–Crippen MR) is 227 cm³/mol. The van der Waals surface area contributed by atoms with Crippen LogP contribution in [0.4, 0.5) is 17.1 Å². The highest BCUT2D eigenvalue weighted by atomic mass is 16.5. The molecule has 0 amide bonds. The van der Waals surface area contributed by atoms with Gasteiger partial charge < -0.3 is 9.64 Å². The topological polar surface area (TPSA) is 51.1 Å². The lowest BCUT2D eigenvalue weighted by molar-refractivity contribution is 0.418. The summed E-state index contributed by atoms with van der Waals surface area (Å²) in [5.41, 5.74) is 13.0. The number of benzene rings is 7. The fourth-order valence-corrected chi connectivity index (χ4v) is 8.50. The van der Waals surface area contributed by atoms with Gasteiger partial charge in [0.25, 0.3) is 0 Å². The van der Waals surface area contributed by atoms with Crippen molar-refractivity contribution in [3.63, 3.8) is 0 Å². The zero-order valence-corrected chi connectivity index (χ0v) is 31.9. The van der Waals surface area contributed by atoms with E-state index in [-0.39, 0.29) is 10.8 Å². The Morgan fingerprint density at radius 3 is 1.45 bits per heavy atom. The molecule has 0 fully saturated rings. The molecule has 10 rings (SSSR count). The normalized spacial score (nSPS) is 14.5. The van der Waals surface area contributed by atoms with Crippen LogP contribution in [0.3, 0.4) is 0 Å². The molecule has 0 bridgehead atoms. The van der Waals surface area contributed by atoms with Crippen LogP contribution in [0.5, 0.6) is 11.5 Å². The van der Waals surface area contributed by atoms with Gasteiger partial charge in [-0.25, -0.2) is 15.0 Å². The summed E-state index contributed by atoms with van der Waals surface area (Å²) >= 11 is 0. The van der Waals surface area contributed by atoms with Crippen LogP contribution in [0, 0.1) is 0 Å². The van der Waals surface area contributed by atoms with Gasteiger partial charge in [-0.05, 0) is 64.7 Å². The molecule has 0 radical (unpaired) electrons. The Hall–Kier alpha value is -6.85. The Morgan fingerprint density at radius 1 is 0.375 bits per heavy atom. The monoisotopic (exact) mass is 724 g/mol. The van der Waals surface area contributed by atoms with E-state index in [1.807, 2.05) is 60.7 Å². The third kappa shape index (κ3) is 5.50. The Labute approximate surface area is 328 Å². The highest BCUT2D eigenvalue weighted by molar-refractivity contribution is 5.87. The van der Waals surface area contributed by atoms with E-state index >= 15 is 0 Å². The second kappa shape index (κ2) is 12.9. The number of rotatable bonds is 5. The summed E-state index contributed by atoms with van der Waals surface area (Å²) in [4.78, 5) is 17.3. The molecule has 0 spiro atoms. The van der Waals surface area contributed by atoms with Crippen LogP contribution >= 0.6 is 0 Å². The van der Waals surface area contributed by atoms with Gasteiger partial charge >= 0.3 is 0 Å². The van der Waals surface area contributed by atoms with Crippen LogP contribution in [0.2, 0.25) is 0 Å². The molecule has 3 heterocycles. The lowest BCUT2D eigenvalue weighted by Gasteiger charge is -2.42. The van der Waals surface area contributed by atoms with Crippen LogP contribution in [0.15, 0.2) is 170 Å².